The standard InChI is InChI=1S/C16H20ClNO/c1-4-10-18-16(15-9-8-11(2)19-15)13-6-5-7-14(17)12(13)3/h5-9,16,18H,4,10H2,1-3H3. The Kier molecular flexibility index (Phi) is 4.67. The van der Waals surface area contributed by atoms with Gasteiger partial charge in [-0.15, -0.1) is 0 Å². The molecule has 1 unspecified atom stereocenters. The summed E-state index contributed by atoms with van der Waals surface area (Å²) in [6, 6.07) is 10.1. The molecule has 0 aliphatic rings. The van der Waals surface area contributed by atoms with Crippen LogP contribution in [0, 0.1) is 13.8 Å². The summed E-state index contributed by atoms with van der Waals surface area (Å²) in [5, 5.41) is 4.33. The predicted octanol–water partition coefficient (Wildman–Crippen LogP) is 4.64. The topological polar surface area (TPSA) is 25.2 Å². The molecule has 0 aliphatic heterocycles. The molecule has 102 valence electrons. The van der Waals surface area contributed by atoms with Crippen molar-refractivity contribution in [1.82, 2.24) is 5.32 Å². The normalized spacial score (nSPS) is 12.6. The highest BCUT2D eigenvalue weighted by molar-refractivity contribution is 6.31. The molecule has 2 rings (SSSR count). The first-order chi connectivity index (χ1) is 9.13. The van der Waals surface area contributed by atoms with Crippen molar-refractivity contribution in [3.63, 3.8) is 0 Å². The number of nitrogens with one attached hydrogen (secondary N) is 1. The minimum absolute atomic E-state index is 0.0624. The van der Waals surface area contributed by atoms with Crippen molar-refractivity contribution in [2.45, 2.75) is 33.2 Å². The van der Waals surface area contributed by atoms with Crippen LogP contribution in [0.25, 0.3) is 0 Å². The summed E-state index contributed by atoms with van der Waals surface area (Å²) in [5.41, 5.74) is 2.28. The van der Waals surface area contributed by atoms with Crippen LogP contribution in [0.5, 0.6) is 0 Å². The van der Waals surface area contributed by atoms with Gasteiger partial charge in [0, 0.05) is 5.02 Å². The largest absolute Gasteiger partial charge is 0.464 e. The lowest BCUT2D eigenvalue weighted by molar-refractivity contribution is 0.430. The third kappa shape index (κ3) is 3.20. The lowest BCUT2D eigenvalue weighted by Gasteiger charge is -2.19. The van der Waals surface area contributed by atoms with Crippen LogP contribution in [-0.4, -0.2) is 6.54 Å². The molecule has 1 atom stereocenters. The lowest BCUT2D eigenvalue weighted by Crippen LogP contribution is -2.23. The molecule has 0 radical (unpaired) electrons. The van der Waals surface area contributed by atoms with E-state index >= 15 is 0 Å². The van der Waals surface area contributed by atoms with Gasteiger partial charge in [0.15, 0.2) is 0 Å². The Bertz CT molecular complexity index is 547. The van der Waals surface area contributed by atoms with Gasteiger partial charge in [0.25, 0.3) is 0 Å². The second-order valence-corrected chi connectivity index (χ2v) is 5.20. The molecule has 19 heavy (non-hydrogen) atoms. The average Bonchev–Trinajstić information content (AvgIpc) is 2.81. The van der Waals surface area contributed by atoms with Crippen LogP contribution in [0.15, 0.2) is 34.7 Å². The number of aryl methyl sites for hydroxylation is 1. The molecule has 1 aromatic carbocycles. The van der Waals surface area contributed by atoms with Crippen LogP contribution in [0.2, 0.25) is 5.02 Å². The molecule has 0 saturated heterocycles. The molecule has 0 fully saturated rings. The van der Waals surface area contributed by atoms with E-state index in [1.807, 2.05) is 38.1 Å². The Morgan fingerprint density at radius 3 is 2.63 bits per heavy atom. The monoisotopic (exact) mass is 277 g/mol. The number of rotatable bonds is 5. The van der Waals surface area contributed by atoms with Crippen molar-refractivity contribution in [3.05, 3.63) is 58.0 Å². The number of hydrogen-bond acceptors (Lipinski definition) is 2. The molecule has 2 aromatic rings. The summed E-state index contributed by atoms with van der Waals surface area (Å²) in [5.74, 6) is 1.87. The molecule has 0 saturated carbocycles. The number of hydrogen-bond donors (Lipinski definition) is 1. The van der Waals surface area contributed by atoms with E-state index in [2.05, 4.69) is 18.3 Å². The van der Waals surface area contributed by atoms with Crippen molar-refractivity contribution in [2.24, 2.45) is 0 Å². The lowest BCUT2D eigenvalue weighted by atomic mass is 9.99. The van der Waals surface area contributed by atoms with Gasteiger partial charge in [-0.1, -0.05) is 30.7 Å². The first-order valence-electron chi connectivity index (χ1n) is 6.68. The first-order valence-corrected chi connectivity index (χ1v) is 7.06. The Balaban J connectivity index is 2.39. The number of halogens is 1. The van der Waals surface area contributed by atoms with E-state index in [-0.39, 0.29) is 6.04 Å². The third-order valence-corrected chi connectivity index (χ3v) is 3.67. The van der Waals surface area contributed by atoms with E-state index < -0.39 is 0 Å². The van der Waals surface area contributed by atoms with Crippen LogP contribution in [0.1, 0.15) is 42.0 Å². The summed E-state index contributed by atoms with van der Waals surface area (Å²) in [6.45, 7) is 7.11. The zero-order valence-electron chi connectivity index (χ0n) is 11.7. The van der Waals surface area contributed by atoms with Crippen LogP contribution < -0.4 is 5.32 Å². The van der Waals surface area contributed by atoms with E-state index in [1.165, 1.54) is 5.56 Å². The van der Waals surface area contributed by atoms with Crippen molar-refractivity contribution >= 4 is 11.6 Å². The van der Waals surface area contributed by atoms with Crippen LogP contribution >= 0.6 is 11.6 Å². The van der Waals surface area contributed by atoms with Crippen molar-refractivity contribution in [3.8, 4) is 0 Å². The molecule has 3 heteroatoms. The highest BCUT2D eigenvalue weighted by Gasteiger charge is 2.19. The van der Waals surface area contributed by atoms with Gasteiger partial charge >= 0.3 is 0 Å². The maximum atomic E-state index is 6.23. The Morgan fingerprint density at radius 1 is 1.21 bits per heavy atom. The minimum atomic E-state index is 0.0624. The van der Waals surface area contributed by atoms with Gasteiger partial charge in [-0.05, 0) is 56.1 Å². The summed E-state index contributed by atoms with van der Waals surface area (Å²) in [4.78, 5) is 0. The highest BCUT2D eigenvalue weighted by Crippen LogP contribution is 2.29. The third-order valence-electron chi connectivity index (χ3n) is 3.26. The Hall–Kier alpha value is -1.25. The zero-order chi connectivity index (χ0) is 13.8. The van der Waals surface area contributed by atoms with Gasteiger partial charge in [0.2, 0.25) is 0 Å². The maximum absolute atomic E-state index is 6.23. The van der Waals surface area contributed by atoms with Crippen LogP contribution in [0.3, 0.4) is 0 Å². The minimum Gasteiger partial charge on any atom is -0.464 e. The SMILES string of the molecule is CCCNC(c1ccc(C)o1)c1cccc(Cl)c1C. The fourth-order valence-corrected chi connectivity index (χ4v) is 2.38. The summed E-state index contributed by atoms with van der Waals surface area (Å²) in [6.07, 6.45) is 1.08. The smallest absolute Gasteiger partial charge is 0.125 e. The maximum Gasteiger partial charge on any atom is 0.125 e. The fourth-order valence-electron chi connectivity index (χ4n) is 2.20. The van der Waals surface area contributed by atoms with E-state index in [9.17, 15) is 0 Å². The zero-order valence-corrected chi connectivity index (χ0v) is 12.4. The number of benzene rings is 1. The molecular formula is C16H20ClNO. The van der Waals surface area contributed by atoms with Gasteiger partial charge in [-0.3, -0.25) is 0 Å². The molecule has 1 heterocycles. The van der Waals surface area contributed by atoms with Gasteiger partial charge in [0.1, 0.15) is 11.5 Å². The molecule has 0 bridgehead atoms. The predicted molar refractivity (Wildman–Crippen MR) is 79.8 cm³/mol. The van der Waals surface area contributed by atoms with Crippen LogP contribution in [0.4, 0.5) is 0 Å². The first kappa shape index (κ1) is 14.2. The van der Waals surface area contributed by atoms with Crippen molar-refractivity contribution in [2.75, 3.05) is 6.54 Å². The summed E-state index contributed by atoms with van der Waals surface area (Å²) >= 11 is 6.23. The van der Waals surface area contributed by atoms with E-state index in [0.29, 0.717) is 0 Å². The molecule has 1 N–H and O–H groups in total. The summed E-state index contributed by atoms with van der Waals surface area (Å²) in [7, 11) is 0. The quantitative estimate of drug-likeness (QED) is 0.861. The number of furan rings is 1. The van der Waals surface area contributed by atoms with Crippen molar-refractivity contribution < 1.29 is 4.42 Å². The van der Waals surface area contributed by atoms with Crippen LogP contribution in [-0.2, 0) is 0 Å². The van der Waals surface area contributed by atoms with E-state index in [1.54, 1.807) is 0 Å². The molecule has 2 nitrogen and oxygen atoms in total. The van der Waals surface area contributed by atoms with Gasteiger partial charge in [-0.25, -0.2) is 0 Å². The van der Waals surface area contributed by atoms with E-state index in [0.717, 1.165) is 35.1 Å². The Labute approximate surface area is 119 Å². The fraction of sp³-hybridized carbons (Fsp3) is 0.375. The van der Waals surface area contributed by atoms with Gasteiger partial charge in [0.05, 0.1) is 6.04 Å². The Morgan fingerprint density at radius 2 is 2.00 bits per heavy atom. The molecule has 1 aromatic heterocycles. The second kappa shape index (κ2) is 6.27. The molecule has 0 amide bonds. The molecular weight excluding hydrogens is 258 g/mol. The van der Waals surface area contributed by atoms with Gasteiger partial charge in [-0.2, -0.15) is 0 Å². The second-order valence-electron chi connectivity index (χ2n) is 4.79. The van der Waals surface area contributed by atoms with Crippen molar-refractivity contribution in [1.29, 1.82) is 0 Å². The molecule has 0 spiro atoms. The van der Waals surface area contributed by atoms with E-state index in [4.69, 9.17) is 16.0 Å². The average molecular weight is 278 g/mol. The molecule has 0 aliphatic carbocycles. The highest BCUT2D eigenvalue weighted by atomic mass is 35.5. The van der Waals surface area contributed by atoms with Gasteiger partial charge < -0.3 is 9.73 Å². The summed E-state index contributed by atoms with van der Waals surface area (Å²) < 4.78 is 5.79.